The lowest BCUT2D eigenvalue weighted by Gasteiger charge is -2.27. The number of nitrogens with zero attached hydrogens (tertiary/aromatic N) is 1. The molecule has 2 N–H and O–H groups in total. The van der Waals surface area contributed by atoms with Crippen molar-refractivity contribution in [1.82, 2.24) is 10.2 Å². The van der Waals surface area contributed by atoms with Crippen molar-refractivity contribution < 1.29 is 45.1 Å². The number of halogens is 8. The maximum absolute atomic E-state index is 13.5. The lowest BCUT2D eigenvalue weighted by molar-refractivity contribution is -0.343. The zero-order chi connectivity index (χ0) is 24.9. The number of hydrogen-bond acceptors (Lipinski definition) is 4. The van der Waals surface area contributed by atoms with Crippen LogP contribution in [0.4, 0.5) is 36.4 Å². The van der Waals surface area contributed by atoms with E-state index in [-0.39, 0.29) is 17.9 Å². The van der Waals surface area contributed by atoms with Crippen LogP contribution in [-0.4, -0.2) is 68.0 Å². The van der Waals surface area contributed by atoms with Gasteiger partial charge in [0.25, 0.3) is 5.91 Å². The highest BCUT2D eigenvalue weighted by Crippen LogP contribution is 2.47. The maximum atomic E-state index is 13.5. The predicted molar refractivity (Wildman–Crippen MR) is 103 cm³/mol. The highest BCUT2D eigenvalue weighted by molar-refractivity contribution is 6.34. The molecule has 182 valence electrons. The lowest BCUT2D eigenvalue weighted by Crippen LogP contribution is -2.57. The lowest BCUT2D eigenvalue weighted by atomic mass is 10.1. The van der Waals surface area contributed by atoms with Gasteiger partial charge in [-0.2, -0.15) is 30.7 Å². The zero-order valence-electron chi connectivity index (χ0n) is 17.2. The third-order valence-corrected chi connectivity index (χ3v) is 4.74. The number of alkyl halides is 7. The summed E-state index contributed by atoms with van der Waals surface area (Å²) in [5.74, 6) is -16.7. The molecule has 0 unspecified atom stereocenters. The molecule has 6 nitrogen and oxygen atoms in total. The van der Waals surface area contributed by atoms with Crippen molar-refractivity contribution in [3.8, 4) is 5.75 Å². The van der Waals surface area contributed by atoms with Gasteiger partial charge in [0.1, 0.15) is 5.75 Å². The number of ether oxygens (including phenoxy) is 1. The van der Waals surface area contributed by atoms with Gasteiger partial charge in [0.05, 0.1) is 23.4 Å². The van der Waals surface area contributed by atoms with E-state index in [1.165, 1.54) is 5.32 Å². The standard InChI is InChI=1S/C18H21ClF7N3O3/c1-4-29(5-2)7-6-27-14(30)10-8-11(19)12(9-13(10)32-3)28-15(31)16(20,21)17(22,23)18(24,25)26/h8-9H,4-7H2,1-3H3,(H,27,30)(H,28,31). The average molecular weight is 496 g/mol. The number of rotatable bonds is 10. The molecular weight excluding hydrogens is 475 g/mol. The summed E-state index contributed by atoms with van der Waals surface area (Å²) in [5.41, 5.74) is -0.937. The normalized spacial score (nSPS) is 12.6. The second-order valence-electron chi connectivity index (χ2n) is 6.42. The Balaban J connectivity index is 3.09. The third-order valence-electron chi connectivity index (χ3n) is 4.43. The van der Waals surface area contributed by atoms with Gasteiger partial charge in [0.15, 0.2) is 0 Å². The number of hydrogen-bond donors (Lipinski definition) is 2. The van der Waals surface area contributed by atoms with Crippen molar-refractivity contribution in [3.63, 3.8) is 0 Å². The summed E-state index contributed by atoms with van der Waals surface area (Å²) in [6.07, 6.45) is -6.68. The Morgan fingerprint density at radius 3 is 2.09 bits per heavy atom. The monoisotopic (exact) mass is 495 g/mol. The molecule has 1 rings (SSSR count). The van der Waals surface area contributed by atoms with Crippen molar-refractivity contribution in [2.75, 3.05) is 38.6 Å². The van der Waals surface area contributed by atoms with Gasteiger partial charge in [-0.1, -0.05) is 25.4 Å². The number of anilines is 1. The third kappa shape index (κ3) is 5.94. The van der Waals surface area contributed by atoms with E-state index in [4.69, 9.17) is 16.3 Å². The van der Waals surface area contributed by atoms with E-state index in [0.29, 0.717) is 6.54 Å². The van der Waals surface area contributed by atoms with Gasteiger partial charge in [-0.25, -0.2) is 0 Å². The highest BCUT2D eigenvalue weighted by Gasteiger charge is 2.76. The van der Waals surface area contributed by atoms with E-state index in [0.717, 1.165) is 32.3 Å². The van der Waals surface area contributed by atoms with Crippen LogP contribution >= 0.6 is 11.6 Å². The Hall–Kier alpha value is -2.28. The summed E-state index contributed by atoms with van der Waals surface area (Å²) >= 11 is 5.82. The van der Waals surface area contributed by atoms with Gasteiger partial charge in [0.2, 0.25) is 0 Å². The number of carbonyl (C=O) groups is 2. The number of amides is 2. The second-order valence-corrected chi connectivity index (χ2v) is 6.82. The summed E-state index contributed by atoms with van der Waals surface area (Å²) in [5, 5.41) is 3.22. The van der Waals surface area contributed by atoms with Crippen LogP contribution in [0.3, 0.4) is 0 Å². The SMILES string of the molecule is CCN(CC)CCNC(=O)c1cc(Cl)c(NC(=O)C(F)(F)C(F)(F)C(F)(F)F)cc1OC. The Morgan fingerprint density at radius 2 is 1.62 bits per heavy atom. The molecule has 1 aromatic rings. The van der Waals surface area contributed by atoms with E-state index in [1.807, 2.05) is 18.7 Å². The van der Waals surface area contributed by atoms with Crippen molar-refractivity contribution in [2.24, 2.45) is 0 Å². The molecule has 0 radical (unpaired) electrons. The van der Waals surface area contributed by atoms with Gasteiger partial charge >= 0.3 is 23.9 Å². The Bertz CT molecular complexity index is 831. The number of methoxy groups -OCH3 is 1. The molecule has 0 aliphatic carbocycles. The van der Waals surface area contributed by atoms with Crippen molar-refractivity contribution in [1.29, 1.82) is 0 Å². The van der Waals surface area contributed by atoms with Crippen LogP contribution < -0.4 is 15.4 Å². The topological polar surface area (TPSA) is 70.7 Å². The first-order chi connectivity index (χ1) is 14.6. The Labute approximate surface area is 184 Å². The van der Waals surface area contributed by atoms with Crippen LogP contribution in [0, 0.1) is 0 Å². The van der Waals surface area contributed by atoms with Crippen LogP contribution in [0.15, 0.2) is 12.1 Å². The van der Waals surface area contributed by atoms with E-state index >= 15 is 0 Å². The number of carbonyl (C=O) groups excluding carboxylic acids is 2. The van der Waals surface area contributed by atoms with Crippen LogP contribution in [0.25, 0.3) is 0 Å². The molecule has 0 atom stereocenters. The number of benzene rings is 1. The molecule has 0 heterocycles. The largest absolute Gasteiger partial charge is 0.496 e. The molecule has 0 saturated carbocycles. The van der Waals surface area contributed by atoms with E-state index in [1.54, 1.807) is 0 Å². The van der Waals surface area contributed by atoms with Crippen LogP contribution in [0.5, 0.6) is 5.75 Å². The predicted octanol–water partition coefficient (Wildman–Crippen LogP) is 4.19. The quantitative estimate of drug-likeness (QED) is 0.478. The zero-order valence-corrected chi connectivity index (χ0v) is 17.9. The van der Waals surface area contributed by atoms with Crippen LogP contribution in [0.2, 0.25) is 5.02 Å². The molecule has 0 bridgehead atoms. The molecule has 0 aliphatic heterocycles. The summed E-state index contributed by atoms with van der Waals surface area (Å²) in [4.78, 5) is 25.9. The van der Waals surface area contributed by atoms with Crippen LogP contribution in [0.1, 0.15) is 24.2 Å². The molecular formula is C18H21ClF7N3O3. The summed E-state index contributed by atoms with van der Waals surface area (Å²) in [7, 11) is 1.08. The minimum atomic E-state index is -6.68. The first kappa shape index (κ1) is 27.8. The Morgan fingerprint density at radius 1 is 1.06 bits per heavy atom. The fourth-order valence-electron chi connectivity index (χ4n) is 2.48. The molecule has 32 heavy (non-hydrogen) atoms. The van der Waals surface area contributed by atoms with Gasteiger partial charge in [-0.3, -0.25) is 9.59 Å². The molecule has 0 saturated heterocycles. The highest BCUT2D eigenvalue weighted by atomic mass is 35.5. The smallest absolute Gasteiger partial charge is 0.460 e. The summed E-state index contributed by atoms with van der Waals surface area (Å²) in [6, 6.07) is 1.64. The maximum Gasteiger partial charge on any atom is 0.460 e. The molecule has 1 aromatic carbocycles. The molecule has 0 spiro atoms. The average Bonchev–Trinajstić information content (AvgIpc) is 2.71. The number of nitrogens with one attached hydrogen (secondary N) is 2. The van der Waals surface area contributed by atoms with Crippen molar-refractivity contribution in [2.45, 2.75) is 31.9 Å². The minimum Gasteiger partial charge on any atom is -0.496 e. The first-order valence-corrected chi connectivity index (χ1v) is 9.53. The van der Waals surface area contributed by atoms with E-state index in [2.05, 4.69) is 5.32 Å². The van der Waals surface area contributed by atoms with Gasteiger partial charge < -0.3 is 20.3 Å². The van der Waals surface area contributed by atoms with Crippen molar-refractivity contribution in [3.05, 3.63) is 22.7 Å². The van der Waals surface area contributed by atoms with Crippen molar-refractivity contribution >= 4 is 29.1 Å². The number of likely N-dealkylation sites (N-methyl/N-ethyl adjacent to an activating group) is 1. The molecule has 0 aromatic heterocycles. The minimum absolute atomic E-state index is 0.178. The molecule has 2 amide bonds. The van der Waals surface area contributed by atoms with Crippen LogP contribution in [-0.2, 0) is 4.79 Å². The van der Waals surface area contributed by atoms with Gasteiger partial charge in [0, 0.05) is 19.2 Å². The summed E-state index contributed by atoms with van der Waals surface area (Å²) < 4.78 is 94.9. The van der Waals surface area contributed by atoms with E-state index in [9.17, 15) is 40.3 Å². The fourth-order valence-corrected chi connectivity index (χ4v) is 2.69. The Kier molecular flexibility index (Phi) is 9.16. The fraction of sp³-hybridized carbons (Fsp3) is 0.556. The molecule has 0 fully saturated rings. The second kappa shape index (κ2) is 10.6. The molecule has 0 aliphatic rings. The van der Waals surface area contributed by atoms with E-state index < -0.39 is 40.5 Å². The van der Waals surface area contributed by atoms with Gasteiger partial charge in [-0.05, 0) is 19.2 Å². The summed E-state index contributed by atoms with van der Waals surface area (Å²) in [6.45, 7) is 6.09. The molecule has 14 heteroatoms. The first-order valence-electron chi connectivity index (χ1n) is 9.15. The van der Waals surface area contributed by atoms with Gasteiger partial charge in [-0.15, -0.1) is 0 Å².